The zero-order chi connectivity index (χ0) is 11.4. The van der Waals surface area contributed by atoms with E-state index in [1.807, 2.05) is 6.92 Å². The number of aromatic nitrogens is 5. The molecule has 0 amide bonds. The number of rotatable bonds is 4. The number of nitrogens with one attached hydrogen (secondary N) is 1. The highest BCUT2D eigenvalue weighted by Gasteiger charge is 2.04. The molecule has 7 nitrogen and oxygen atoms in total. The molecule has 0 aromatic carbocycles. The van der Waals surface area contributed by atoms with Crippen molar-refractivity contribution in [3.05, 3.63) is 18.7 Å². The Morgan fingerprint density at radius 1 is 1.44 bits per heavy atom. The molecule has 0 atom stereocenters. The molecule has 2 rings (SSSR count). The molecule has 0 bridgehead atoms. The van der Waals surface area contributed by atoms with Crippen LogP contribution in [0, 0.1) is 0 Å². The minimum Gasteiger partial charge on any atom is -0.402 e. The molecule has 0 aliphatic heterocycles. The van der Waals surface area contributed by atoms with Gasteiger partial charge in [0.05, 0.1) is 12.4 Å². The van der Waals surface area contributed by atoms with Gasteiger partial charge in [0.2, 0.25) is 5.88 Å². The molecule has 0 spiro atoms. The predicted molar refractivity (Wildman–Crippen MR) is 57.3 cm³/mol. The van der Waals surface area contributed by atoms with Crippen LogP contribution < -0.4 is 10.1 Å². The van der Waals surface area contributed by atoms with Crippen molar-refractivity contribution in [2.75, 3.05) is 11.9 Å². The normalized spacial score (nSPS) is 10.1. The van der Waals surface area contributed by atoms with Crippen LogP contribution in [-0.4, -0.2) is 31.3 Å². The van der Waals surface area contributed by atoms with Crippen LogP contribution in [0.3, 0.4) is 0 Å². The zero-order valence-electron chi connectivity index (χ0n) is 9.08. The number of nitrogens with zero attached hydrogens (tertiary/aromatic N) is 5. The van der Waals surface area contributed by atoms with Crippen LogP contribution in [-0.2, 0) is 7.05 Å². The average Bonchev–Trinajstić information content (AvgIpc) is 2.65. The van der Waals surface area contributed by atoms with Gasteiger partial charge in [-0.3, -0.25) is 9.67 Å². The fourth-order valence-corrected chi connectivity index (χ4v) is 1.12. The lowest BCUT2D eigenvalue weighted by atomic mass is 10.6. The average molecular weight is 220 g/mol. The van der Waals surface area contributed by atoms with E-state index in [-0.39, 0.29) is 6.01 Å². The van der Waals surface area contributed by atoms with E-state index >= 15 is 0 Å². The maximum atomic E-state index is 5.33. The Kier molecular flexibility index (Phi) is 2.95. The lowest BCUT2D eigenvalue weighted by Crippen LogP contribution is -2.01. The Labute approximate surface area is 92.5 Å². The van der Waals surface area contributed by atoms with Crippen molar-refractivity contribution in [1.82, 2.24) is 24.7 Å². The summed E-state index contributed by atoms with van der Waals surface area (Å²) in [5.41, 5.74) is 0. The van der Waals surface area contributed by atoms with Crippen molar-refractivity contribution < 1.29 is 4.74 Å². The largest absolute Gasteiger partial charge is 0.402 e. The maximum absolute atomic E-state index is 5.33. The summed E-state index contributed by atoms with van der Waals surface area (Å²) in [4.78, 5) is 12.1. The summed E-state index contributed by atoms with van der Waals surface area (Å²) in [6, 6.07) is 0.255. The third-order valence-electron chi connectivity index (χ3n) is 1.74. The van der Waals surface area contributed by atoms with Gasteiger partial charge in [0, 0.05) is 13.6 Å². The molecule has 0 radical (unpaired) electrons. The van der Waals surface area contributed by atoms with Gasteiger partial charge < -0.3 is 10.1 Å². The molecule has 0 aliphatic rings. The van der Waals surface area contributed by atoms with Crippen LogP contribution in [0.15, 0.2) is 18.7 Å². The van der Waals surface area contributed by atoms with Gasteiger partial charge in [-0.2, -0.15) is 9.97 Å². The third-order valence-corrected chi connectivity index (χ3v) is 1.74. The molecule has 2 aromatic rings. The van der Waals surface area contributed by atoms with E-state index in [2.05, 4.69) is 25.4 Å². The molecule has 0 saturated carbocycles. The summed E-state index contributed by atoms with van der Waals surface area (Å²) in [5.74, 6) is 1.03. The van der Waals surface area contributed by atoms with Gasteiger partial charge in [-0.1, -0.05) is 0 Å². The summed E-state index contributed by atoms with van der Waals surface area (Å²) < 4.78 is 6.88. The molecule has 7 heteroatoms. The predicted octanol–water partition coefficient (Wildman–Crippen LogP) is 0.829. The highest BCUT2D eigenvalue weighted by molar-refractivity contribution is 5.33. The Balaban J connectivity index is 2.12. The fraction of sp³-hybridized carbons (Fsp3) is 0.333. The van der Waals surface area contributed by atoms with Crippen molar-refractivity contribution in [3.8, 4) is 11.9 Å². The van der Waals surface area contributed by atoms with E-state index in [0.717, 1.165) is 6.54 Å². The molecule has 0 unspecified atom stereocenters. The number of aryl methyl sites for hydroxylation is 1. The number of hydrogen-bond donors (Lipinski definition) is 1. The molecule has 1 N–H and O–H groups in total. The molecule has 0 fully saturated rings. The van der Waals surface area contributed by atoms with Crippen LogP contribution in [0.2, 0.25) is 0 Å². The van der Waals surface area contributed by atoms with Gasteiger partial charge in [-0.15, -0.1) is 5.10 Å². The lowest BCUT2D eigenvalue weighted by molar-refractivity contribution is 0.421. The van der Waals surface area contributed by atoms with Gasteiger partial charge in [-0.25, -0.2) is 0 Å². The summed E-state index contributed by atoms with van der Waals surface area (Å²) >= 11 is 0. The first-order valence-corrected chi connectivity index (χ1v) is 4.87. The third kappa shape index (κ3) is 2.44. The molecule has 0 saturated heterocycles. The first-order valence-electron chi connectivity index (χ1n) is 4.87. The van der Waals surface area contributed by atoms with Crippen LogP contribution in [0.5, 0.6) is 11.9 Å². The van der Waals surface area contributed by atoms with E-state index < -0.39 is 0 Å². The minimum absolute atomic E-state index is 0.255. The highest BCUT2D eigenvalue weighted by Crippen LogP contribution is 2.14. The van der Waals surface area contributed by atoms with E-state index in [1.165, 1.54) is 6.20 Å². The SMILES string of the molecule is CCNc1cncc(Oc2ncn(C)n2)n1. The Hall–Kier alpha value is -2.18. The minimum atomic E-state index is 0.255. The van der Waals surface area contributed by atoms with Crippen LogP contribution in [0.1, 0.15) is 6.92 Å². The highest BCUT2D eigenvalue weighted by atomic mass is 16.5. The first kappa shape index (κ1) is 10.3. The number of hydrogen-bond acceptors (Lipinski definition) is 6. The summed E-state index contributed by atoms with van der Waals surface area (Å²) in [6.45, 7) is 2.76. The van der Waals surface area contributed by atoms with Crippen LogP contribution >= 0.6 is 0 Å². The second-order valence-electron chi connectivity index (χ2n) is 3.08. The summed E-state index contributed by atoms with van der Waals surface area (Å²) in [6.07, 6.45) is 4.69. The van der Waals surface area contributed by atoms with Gasteiger partial charge in [-0.05, 0) is 6.92 Å². The first-order chi connectivity index (χ1) is 7.78. The van der Waals surface area contributed by atoms with Crippen molar-refractivity contribution in [3.63, 3.8) is 0 Å². The molecule has 2 heterocycles. The van der Waals surface area contributed by atoms with Crippen LogP contribution in [0.25, 0.3) is 0 Å². The van der Waals surface area contributed by atoms with E-state index in [1.54, 1.807) is 24.3 Å². The van der Waals surface area contributed by atoms with Gasteiger partial charge in [0.1, 0.15) is 12.1 Å². The summed E-state index contributed by atoms with van der Waals surface area (Å²) in [7, 11) is 1.76. The van der Waals surface area contributed by atoms with Gasteiger partial charge in [0.15, 0.2) is 0 Å². The molecule has 2 aromatic heterocycles. The monoisotopic (exact) mass is 220 g/mol. The quantitative estimate of drug-likeness (QED) is 0.822. The molecule has 0 aliphatic carbocycles. The van der Waals surface area contributed by atoms with Gasteiger partial charge in [0.25, 0.3) is 0 Å². The summed E-state index contributed by atoms with van der Waals surface area (Å²) in [5, 5.41) is 7.02. The van der Waals surface area contributed by atoms with Crippen molar-refractivity contribution in [2.45, 2.75) is 6.92 Å². The van der Waals surface area contributed by atoms with E-state index in [4.69, 9.17) is 4.74 Å². The Morgan fingerprint density at radius 2 is 2.31 bits per heavy atom. The fourth-order valence-electron chi connectivity index (χ4n) is 1.12. The standard InChI is InChI=1S/C9H12N6O/c1-3-11-7-4-10-5-8(13-7)16-9-12-6-15(2)14-9/h4-6H,3H2,1-2H3,(H,11,13). The molecule has 84 valence electrons. The van der Waals surface area contributed by atoms with Crippen molar-refractivity contribution in [2.24, 2.45) is 7.05 Å². The lowest BCUT2D eigenvalue weighted by Gasteiger charge is -2.03. The number of ether oxygens (including phenoxy) is 1. The second-order valence-corrected chi connectivity index (χ2v) is 3.08. The van der Waals surface area contributed by atoms with E-state index in [9.17, 15) is 0 Å². The van der Waals surface area contributed by atoms with E-state index in [0.29, 0.717) is 11.7 Å². The second kappa shape index (κ2) is 4.56. The van der Waals surface area contributed by atoms with Crippen LogP contribution in [0.4, 0.5) is 5.82 Å². The van der Waals surface area contributed by atoms with Crippen molar-refractivity contribution >= 4 is 5.82 Å². The molecule has 16 heavy (non-hydrogen) atoms. The topological polar surface area (TPSA) is 77.8 Å². The molecular formula is C9H12N6O. The van der Waals surface area contributed by atoms with Crippen molar-refractivity contribution in [1.29, 1.82) is 0 Å². The number of anilines is 1. The zero-order valence-corrected chi connectivity index (χ0v) is 9.08. The van der Waals surface area contributed by atoms with Gasteiger partial charge >= 0.3 is 6.01 Å². The Morgan fingerprint density at radius 3 is 3.00 bits per heavy atom. The molecular weight excluding hydrogens is 208 g/mol. The maximum Gasteiger partial charge on any atom is 0.342 e. The smallest absolute Gasteiger partial charge is 0.342 e. The Bertz CT molecular complexity index is 469.